The van der Waals surface area contributed by atoms with Crippen LogP contribution in [0, 0.1) is 18.3 Å². The molecule has 11 heavy (non-hydrogen) atoms. The van der Waals surface area contributed by atoms with Crippen molar-refractivity contribution in [2.45, 2.75) is 25.7 Å². The summed E-state index contributed by atoms with van der Waals surface area (Å²) < 4.78 is 0. The number of nitrogens with one attached hydrogen (secondary N) is 1. The molecule has 0 spiro atoms. The van der Waals surface area contributed by atoms with Gasteiger partial charge in [0.05, 0.1) is 0 Å². The largest absolute Gasteiger partial charge is 0.356 e. The van der Waals surface area contributed by atoms with E-state index >= 15 is 0 Å². The van der Waals surface area contributed by atoms with Gasteiger partial charge in [-0.2, -0.15) is 0 Å². The Morgan fingerprint density at radius 2 is 2.55 bits per heavy atom. The van der Waals surface area contributed by atoms with Crippen molar-refractivity contribution < 1.29 is 4.79 Å². The molecule has 0 radical (unpaired) electrons. The van der Waals surface area contributed by atoms with Gasteiger partial charge in [-0.05, 0) is 19.3 Å². The monoisotopic (exact) mass is 151 g/mol. The van der Waals surface area contributed by atoms with Crippen LogP contribution in [0.1, 0.15) is 25.7 Å². The summed E-state index contributed by atoms with van der Waals surface area (Å²) in [6, 6.07) is 0. The fourth-order valence-electron chi connectivity index (χ4n) is 1.37. The summed E-state index contributed by atoms with van der Waals surface area (Å²) in [7, 11) is 0. The second-order valence-electron chi connectivity index (χ2n) is 2.87. The lowest BCUT2D eigenvalue weighted by Crippen LogP contribution is -2.18. The fraction of sp³-hybridized carbons (Fsp3) is 0.667. The molecule has 1 saturated heterocycles. The Labute approximate surface area is 67.4 Å². The summed E-state index contributed by atoms with van der Waals surface area (Å²) in [5.41, 5.74) is 0. The van der Waals surface area contributed by atoms with Crippen molar-refractivity contribution in [2.75, 3.05) is 6.54 Å². The number of unbranched alkanes of at least 4 members (excludes halogenated alkanes) is 1. The van der Waals surface area contributed by atoms with Crippen molar-refractivity contribution in [1.82, 2.24) is 5.32 Å². The molecule has 1 atom stereocenters. The van der Waals surface area contributed by atoms with Crippen LogP contribution in [0.3, 0.4) is 0 Å². The fourth-order valence-corrected chi connectivity index (χ4v) is 1.37. The van der Waals surface area contributed by atoms with Crippen LogP contribution in [0.2, 0.25) is 0 Å². The van der Waals surface area contributed by atoms with E-state index in [1.54, 1.807) is 0 Å². The van der Waals surface area contributed by atoms with E-state index in [1.165, 1.54) is 0 Å². The molecule has 0 aromatic rings. The van der Waals surface area contributed by atoms with Crippen LogP contribution in [0.5, 0.6) is 0 Å². The highest BCUT2D eigenvalue weighted by Gasteiger charge is 2.22. The highest BCUT2D eigenvalue weighted by Crippen LogP contribution is 2.16. The standard InChI is InChI=1S/C9H13NO/c1-2-3-4-5-8-6-7-10-9(8)11/h1,8H,3-7H2,(H,10,11). The summed E-state index contributed by atoms with van der Waals surface area (Å²) in [4.78, 5) is 11.0. The van der Waals surface area contributed by atoms with Gasteiger partial charge in [0.1, 0.15) is 0 Å². The van der Waals surface area contributed by atoms with Crippen LogP contribution in [0.25, 0.3) is 0 Å². The van der Waals surface area contributed by atoms with E-state index < -0.39 is 0 Å². The minimum absolute atomic E-state index is 0.210. The zero-order chi connectivity index (χ0) is 8.10. The first kappa shape index (κ1) is 8.13. The van der Waals surface area contributed by atoms with Crippen LogP contribution in [0.4, 0.5) is 0 Å². The summed E-state index contributed by atoms with van der Waals surface area (Å²) in [6.07, 6.45) is 8.82. The van der Waals surface area contributed by atoms with E-state index in [0.29, 0.717) is 0 Å². The first-order chi connectivity index (χ1) is 5.34. The van der Waals surface area contributed by atoms with Gasteiger partial charge in [0.2, 0.25) is 5.91 Å². The Bertz CT molecular complexity index is 180. The molecule has 2 heteroatoms. The minimum atomic E-state index is 0.210. The van der Waals surface area contributed by atoms with Gasteiger partial charge in [0.25, 0.3) is 0 Å². The molecule has 1 fully saturated rings. The number of rotatable bonds is 3. The average Bonchev–Trinajstić information content (AvgIpc) is 2.37. The average molecular weight is 151 g/mol. The maximum absolute atomic E-state index is 11.0. The molecule has 2 nitrogen and oxygen atoms in total. The number of terminal acetylenes is 1. The molecule has 1 unspecified atom stereocenters. The van der Waals surface area contributed by atoms with Crippen LogP contribution in [-0.2, 0) is 4.79 Å². The molecule has 1 N–H and O–H groups in total. The predicted molar refractivity (Wildman–Crippen MR) is 43.8 cm³/mol. The highest BCUT2D eigenvalue weighted by molar-refractivity contribution is 5.80. The number of amides is 1. The molecule has 0 aromatic heterocycles. The van der Waals surface area contributed by atoms with Crippen LogP contribution in [0.15, 0.2) is 0 Å². The SMILES string of the molecule is C#CCCCC1CCNC1=O. The Hall–Kier alpha value is -0.970. The van der Waals surface area contributed by atoms with Crippen molar-refractivity contribution in [3.8, 4) is 12.3 Å². The van der Waals surface area contributed by atoms with Gasteiger partial charge < -0.3 is 5.32 Å². The Balaban J connectivity index is 2.16. The molecule has 1 aliphatic heterocycles. The Kier molecular flexibility index (Phi) is 2.97. The van der Waals surface area contributed by atoms with Crippen LogP contribution < -0.4 is 5.32 Å². The Morgan fingerprint density at radius 1 is 1.73 bits per heavy atom. The van der Waals surface area contributed by atoms with E-state index in [9.17, 15) is 4.79 Å². The third-order valence-electron chi connectivity index (χ3n) is 2.04. The first-order valence-corrected chi connectivity index (χ1v) is 4.06. The maximum atomic E-state index is 11.0. The Morgan fingerprint density at radius 3 is 3.09 bits per heavy atom. The van der Waals surface area contributed by atoms with Gasteiger partial charge in [-0.25, -0.2) is 0 Å². The summed E-state index contributed by atoms with van der Waals surface area (Å²) in [5, 5.41) is 2.81. The van der Waals surface area contributed by atoms with Gasteiger partial charge in [-0.3, -0.25) is 4.79 Å². The number of hydrogen-bond acceptors (Lipinski definition) is 1. The normalized spacial score (nSPS) is 22.8. The van der Waals surface area contributed by atoms with E-state index in [1.807, 2.05) is 0 Å². The molecule has 1 aliphatic rings. The predicted octanol–water partition coefficient (Wildman–Crippen LogP) is 0.926. The molecular formula is C9H13NO. The second-order valence-corrected chi connectivity index (χ2v) is 2.87. The van der Waals surface area contributed by atoms with Crippen molar-refractivity contribution in [3.63, 3.8) is 0 Å². The van der Waals surface area contributed by atoms with Gasteiger partial charge in [-0.15, -0.1) is 12.3 Å². The molecule has 0 bridgehead atoms. The quantitative estimate of drug-likeness (QED) is 0.472. The molecule has 60 valence electrons. The van der Waals surface area contributed by atoms with Crippen molar-refractivity contribution >= 4 is 5.91 Å². The molecule has 1 amide bonds. The maximum Gasteiger partial charge on any atom is 0.223 e. The van der Waals surface area contributed by atoms with Crippen molar-refractivity contribution in [1.29, 1.82) is 0 Å². The number of hydrogen-bond donors (Lipinski definition) is 1. The van der Waals surface area contributed by atoms with Crippen molar-refractivity contribution in [3.05, 3.63) is 0 Å². The van der Waals surface area contributed by atoms with E-state index in [0.717, 1.165) is 32.2 Å². The van der Waals surface area contributed by atoms with Gasteiger partial charge in [0, 0.05) is 18.9 Å². The third-order valence-corrected chi connectivity index (χ3v) is 2.04. The molecule has 1 heterocycles. The topological polar surface area (TPSA) is 29.1 Å². The second kappa shape index (κ2) is 4.02. The molecule has 0 saturated carbocycles. The molecule has 1 rings (SSSR count). The van der Waals surface area contributed by atoms with E-state index in [4.69, 9.17) is 6.42 Å². The number of carbonyl (C=O) groups excluding carboxylic acids is 1. The zero-order valence-corrected chi connectivity index (χ0v) is 6.60. The van der Waals surface area contributed by atoms with Gasteiger partial charge in [-0.1, -0.05) is 0 Å². The number of carbonyl (C=O) groups is 1. The lowest BCUT2D eigenvalue weighted by atomic mass is 10.0. The summed E-state index contributed by atoms with van der Waals surface area (Å²) in [6.45, 7) is 0.847. The molecule has 0 aromatic carbocycles. The summed E-state index contributed by atoms with van der Waals surface area (Å²) in [5.74, 6) is 3.02. The first-order valence-electron chi connectivity index (χ1n) is 4.06. The van der Waals surface area contributed by atoms with E-state index in [2.05, 4.69) is 11.2 Å². The smallest absolute Gasteiger partial charge is 0.223 e. The lowest BCUT2D eigenvalue weighted by Gasteiger charge is -2.02. The molecular weight excluding hydrogens is 138 g/mol. The molecule has 0 aliphatic carbocycles. The third kappa shape index (κ3) is 2.27. The minimum Gasteiger partial charge on any atom is -0.356 e. The van der Waals surface area contributed by atoms with Crippen LogP contribution >= 0.6 is 0 Å². The van der Waals surface area contributed by atoms with Gasteiger partial charge >= 0.3 is 0 Å². The highest BCUT2D eigenvalue weighted by atomic mass is 16.2. The van der Waals surface area contributed by atoms with E-state index in [-0.39, 0.29) is 11.8 Å². The summed E-state index contributed by atoms with van der Waals surface area (Å²) >= 11 is 0. The zero-order valence-electron chi connectivity index (χ0n) is 6.60. The van der Waals surface area contributed by atoms with Crippen LogP contribution in [-0.4, -0.2) is 12.5 Å². The van der Waals surface area contributed by atoms with Gasteiger partial charge in [0.15, 0.2) is 0 Å². The lowest BCUT2D eigenvalue weighted by molar-refractivity contribution is -0.122. The van der Waals surface area contributed by atoms with Crippen molar-refractivity contribution in [2.24, 2.45) is 5.92 Å².